The normalized spacial score (nSPS) is 11.2. The molecule has 0 atom stereocenters. The van der Waals surface area contributed by atoms with Gasteiger partial charge < -0.3 is 5.21 Å². The van der Waals surface area contributed by atoms with Crippen molar-refractivity contribution in [3.05, 3.63) is 40.5 Å². The van der Waals surface area contributed by atoms with E-state index in [1.165, 1.54) is 6.21 Å². The Balaban J connectivity index is 2.63. The maximum Gasteiger partial charge on any atom is 0.0734 e. The summed E-state index contributed by atoms with van der Waals surface area (Å²) < 4.78 is 0.933. The third-order valence-electron chi connectivity index (χ3n) is 1.88. The molecule has 0 radical (unpaired) electrons. The molecule has 0 bridgehead atoms. The topological polar surface area (TPSA) is 45.5 Å². The monoisotopic (exact) mass is 250 g/mol. The van der Waals surface area contributed by atoms with Gasteiger partial charge >= 0.3 is 0 Å². The van der Waals surface area contributed by atoms with Gasteiger partial charge in [0.1, 0.15) is 0 Å². The molecule has 2 rings (SSSR count). The second-order valence-corrected chi connectivity index (χ2v) is 3.77. The fourth-order valence-corrected chi connectivity index (χ4v) is 1.62. The summed E-state index contributed by atoms with van der Waals surface area (Å²) in [4.78, 5) is 4.23. The Morgan fingerprint density at radius 3 is 3.00 bits per heavy atom. The molecule has 1 aromatic carbocycles. The quantitative estimate of drug-likeness (QED) is 0.481. The second-order valence-electron chi connectivity index (χ2n) is 2.85. The molecular formula is C10H7BrN2O. The van der Waals surface area contributed by atoms with Crippen molar-refractivity contribution in [2.45, 2.75) is 0 Å². The first-order valence-electron chi connectivity index (χ1n) is 4.02. The van der Waals surface area contributed by atoms with E-state index in [0.29, 0.717) is 0 Å². The highest BCUT2D eigenvalue weighted by Gasteiger charge is 1.96. The average Bonchev–Trinajstić information content (AvgIpc) is 2.17. The summed E-state index contributed by atoms with van der Waals surface area (Å²) in [5.41, 5.74) is 1.77. The molecule has 0 unspecified atom stereocenters. The van der Waals surface area contributed by atoms with Crippen LogP contribution in [0.3, 0.4) is 0 Å². The Morgan fingerprint density at radius 1 is 1.36 bits per heavy atom. The summed E-state index contributed by atoms with van der Waals surface area (Å²) in [6.07, 6.45) is 3.14. The van der Waals surface area contributed by atoms with Crippen LogP contribution in [0.25, 0.3) is 10.9 Å². The minimum Gasteiger partial charge on any atom is -0.411 e. The predicted octanol–water partition coefficient (Wildman–Crippen LogP) is 2.81. The number of fused-ring (bicyclic) bond motifs is 1. The molecule has 0 aliphatic rings. The minimum atomic E-state index is 0.847. The van der Waals surface area contributed by atoms with Crippen molar-refractivity contribution in [3.63, 3.8) is 0 Å². The molecule has 0 aliphatic heterocycles. The van der Waals surface area contributed by atoms with E-state index in [2.05, 4.69) is 26.1 Å². The largest absolute Gasteiger partial charge is 0.411 e. The number of benzene rings is 1. The molecule has 2 aromatic rings. The molecule has 0 saturated carbocycles. The zero-order valence-electron chi connectivity index (χ0n) is 7.18. The third kappa shape index (κ3) is 1.75. The number of aromatic nitrogens is 1. The number of oxime groups is 1. The Bertz CT molecular complexity index is 496. The summed E-state index contributed by atoms with van der Waals surface area (Å²) in [7, 11) is 0. The molecule has 1 aromatic heterocycles. The van der Waals surface area contributed by atoms with Gasteiger partial charge in [0, 0.05) is 16.1 Å². The van der Waals surface area contributed by atoms with E-state index >= 15 is 0 Å². The lowest BCUT2D eigenvalue weighted by Crippen LogP contribution is -1.83. The van der Waals surface area contributed by atoms with Crippen LogP contribution in [0.1, 0.15) is 5.56 Å². The minimum absolute atomic E-state index is 0.847. The summed E-state index contributed by atoms with van der Waals surface area (Å²) in [6, 6.07) is 7.62. The molecule has 0 amide bonds. The number of pyridine rings is 1. The van der Waals surface area contributed by atoms with Crippen LogP contribution in [0.15, 0.2) is 40.1 Å². The van der Waals surface area contributed by atoms with Gasteiger partial charge in [-0.05, 0) is 39.7 Å². The number of nitrogens with zero attached hydrogens (tertiary/aromatic N) is 2. The van der Waals surface area contributed by atoms with E-state index in [9.17, 15) is 0 Å². The van der Waals surface area contributed by atoms with Crippen LogP contribution in [0, 0.1) is 0 Å². The first-order valence-corrected chi connectivity index (χ1v) is 4.81. The van der Waals surface area contributed by atoms with Crippen molar-refractivity contribution < 1.29 is 5.21 Å². The smallest absolute Gasteiger partial charge is 0.0734 e. The first-order chi connectivity index (χ1) is 6.79. The van der Waals surface area contributed by atoms with Crippen LogP contribution in [0.2, 0.25) is 0 Å². The van der Waals surface area contributed by atoms with Gasteiger partial charge in [-0.1, -0.05) is 11.2 Å². The molecule has 0 saturated heterocycles. The molecule has 0 aliphatic carbocycles. The Labute approximate surface area is 89.2 Å². The van der Waals surface area contributed by atoms with Gasteiger partial charge in [0.25, 0.3) is 0 Å². The van der Waals surface area contributed by atoms with Crippen LogP contribution in [0.5, 0.6) is 0 Å². The number of halogens is 1. The summed E-state index contributed by atoms with van der Waals surface area (Å²) in [6.45, 7) is 0. The molecular weight excluding hydrogens is 244 g/mol. The van der Waals surface area contributed by atoms with Crippen molar-refractivity contribution in [1.29, 1.82) is 0 Å². The zero-order valence-corrected chi connectivity index (χ0v) is 8.77. The summed E-state index contributed by atoms with van der Waals surface area (Å²) in [5.74, 6) is 0. The van der Waals surface area contributed by atoms with E-state index < -0.39 is 0 Å². The highest BCUT2D eigenvalue weighted by molar-refractivity contribution is 9.10. The second kappa shape index (κ2) is 3.75. The molecule has 0 spiro atoms. The number of hydrogen-bond acceptors (Lipinski definition) is 3. The average molecular weight is 251 g/mol. The Morgan fingerprint density at radius 2 is 2.21 bits per heavy atom. The van der Waals surface area contributed by atoms with Crippen molar-refractivity contribution in [3.8, 4) is 0 Å². The molecule has 70 valence electrons. The summed E-state index contributed by atoms with van der Waals surface area (Å²) >= 11 is 3.35. The van der Waals surface area contributed by atoms with E-state index in [-0.39, 0.29) is 0 Å². The van der Waals surface area contributed by atoms with E-state index in [0.717, 1.165) is 20.9 Å². The number of rotatable bonds is 1. The van der Waals surface area contributed by atoms with Crippen LogP contribution < -0.4 is 0 Å². The molecule has 0 fully saturated rings. The van der Waals surface area contributed by atoms with Crippen LogP contribution in [-0.4, -0.2) is 16.4 Å². The first kappa shape index (κ1) is 9.15. The van der Waals surface area contributed by atoms with Gasteiger partial charge in [-0.25, -0.2) is 0 Å². The van der Waals surface area contributed by atoms with Gasteiger partial charge in [-0.3, -0.25) is 4.98 Å². The van der Waals surface area contributed by atoms with Crippen molar-refractivity contribution in [1.82, 2.24) is 4.98 Å². The predicted molar refractivity (Wildman–Crippen MR) is 58.8 cm³/mol. The Hall–Kier alpha value is -1.42. The zero-order chi connectivity index (χ0) is 9.97. The lowest BCUT2D eigenvalue weighted by molar-refractivity contribution is 0.322. The molecule has 1 heterocycles. The lowest BCUT2D eigenvalue weighted by Gasteiger charge is -1.98. The van der Waals surface area contributed by atoms with Gasteiger partial charge in [-0.2, -0.15) is 0 Å². The molecule has 14 heavy (non-hydrogen) atoms. The maximum atomic E-state index is 8.39. The van der Waals surface area contributed by atoms with Crippen LogP contribution >= 0.6 is 15.9 Å². The molecule has 1 N–H and O–H groups in total. The van der Waals surface area contributed by atoms with Crippen molar-refractivity contribution in [2.24, 2.45) is 5.16 Å². The third-order valence-corrected chi connectivity index (χ3v) is 2.31. The van der Waals surface area contributed by atoms with Gasteiger partial charge in [0.15, 0.2) is 0 Å². The van der Waals surface area contributed by atoms with E-state index in [4.69, 9.17) is 5.21 Å². The fraction of sp³-hybridized carbons (Fsp3) is 0. The number of hydrogen-bond donors (Lipinski definition) is 1. The molecule has 4 heteroatoms. The van der Waals surface area contributed by atoms with Crippen LogP contribution in [0.4, 0.5) is 0 Å². The van der Waals surface area contributed by atoms with Gasteiger partial charge in [0.2, 0.25) is 0 Å². The van der Waals surface area contributed by atoms with Crippen molar-refractivity contribution >= 4 is 33.0 Å². The Kier molecular flexibility index (Phi) is 2.45. The highest BCUT2D eigenvalue weighted by Crippen LogP contribution is 2.17. The van der Waals surface area contributed by atoms with Crippen molar-refractivity contribution in [2.75, 3.05) is 0 Å². The lowest BCUT2D eigenvalue weighted by atomic mass is 10.1. The molecule has 3 nitrogen and oxygen atoms in total. The van der Waals surface area contributed by atoms with E-state index in [1.807, 2.05) is 24.3 Å². The van der Waals surface area contributed by atoms with Gasteiger partial charge in [0.05, 0.1) is 11.7 Å². The highest BCUT2D eigenvalue weighted by atomic mass is 79.9. The van der Waals surface area contributed by atoms with E-state index in [1.54, 1.807) is 6.20 Å². The fourth-order valence-electron chi connectivity index (χ4n) is 1.27. The standard InChI is InChI=1S/C10H7BrN2O/c11-9-4-8-3-7(5-13-14)1-2-10(8)12-6-9/h1-6,14H/b13-5+. The van der Waals surface area contributed by atoms with Crippen LogP contribution in [-0.2, 0) is 0 Å². The van der Waals surface area contributed by atoms with Gasteiger partial charge in [-0.15, -0.1) is 0 Å². The SMILES string of the molecule is O/N=C/c1ccc2ncc(Br)cc2c1. The maximum absolute atomic E-state index is 8.39. The summed E-state index contributed by atoms with van der Waals surface area (Å²) in [5, 5.41) is 12.4.